The molecular formula is C14H12ClN5. The van der Waals surface area contributed by atoms with Crippen LogP contribution < -0.4 is 5.73 Å². The Bertz CT molecular complexity index is 728. The summed E-state index contributed by atoms with van der Waals surface area (Å²) in [6, 6.07) is 13.2. The number of aryl methyl sites for hydroxylation is 1. The molecule has 2 aromatic carbocycles. The van der Waals surface area contributed by atoms with E-state index in [4.69, 9.17) is 17.3 Å². The summed E-state index contributed by atoms with van der Waals surface area (Å²) in [4.78, 5) is 0. The second-order valence-corrected chi connectivity index (χ2v) is 4.86. The number of halogens is 1. The van der Waals surface area contributed by atoms with Crippen LogP contribution >= 0.6 is 11.6 Å². The fourth-order valence-electron chi connectivity index (χ4n) is 1.98. The van der Waals surface area contributed by atoms with E-state index in [0.717, 1.165) is 5.69 Å². The van der Waals surface area contributed by atoms with Crippen molar-refractivity contribution in [1.82, 2.24) is 20.2 Å². The summed E-state index contributed by atoms with van der Waals surface area (Å²) in [7, 11) is 0. The highest BCUT2D eigenvalue weighted by molar-refractivity contribution is 6.33. The summed E-state index contributed by atoms with van der Waals surface area (Å²) in [5.74, 6) is 0.525. The highest BCUT2D eigenvalue weighted by Crippen LogP contribution is 2.32. The zero-order valence-corrected chi connectivity index (χ0v) is 11.5. The maximum Gasteiger partial charge on any atom is 0.190 e. The van der Waals surface area contributed by atoms with Crippen LogP contribution in [-0.2, 0) is 0 Å². The summed E-state index contributed by atoms with van der Waals surface area (Å²) >= 11 is 6.22. The molecule has 0 unspecified atom stereocenters. The van der Waals surface area contributed by atoms with Gasteiger partial charge in [-0.05, 0) is 41.6 Å². The van der Waals surface area contributed by atoms with Gasteiger partial charge in [0.25, 0.3) is 0 Å². The SMILES string of the molecule is Cc1ccc(-n2nnnc2-c2c(N)cccc2Cl)cc1. The minimum absolute atomic E-state index is 0.521. The van der Waals surface area contributed by atoms with Crippen molar-refractivity contribution in [2.45, 2.75) is 6.92 Å². The molecule has 3 rings (SSSR count). The summed E-state index contributed by atoms with van der Waals surface area (Å²) in [6.45, 7) is 2.02. The Balaban J connectivity index is 2.18. The van der Waals surface area contributed by atoms with Gasteiger partial charge in [0, 0.05) is 5.69 Å². The van der Waals surface area contributed by atoms with Crippen LogP contribution in [0.2, 0.25) is 5.02 Å². The quantitative estimate of drug-likeness (QED) is 0.735. The molecule has 5 nitrogen and oxygen atoms in total. The number of nitrogens with zero attached hydrogens (tertiary/aromatic N) is 4. The number of rotatable bonds is 2. The lowest BCUT2D eigenvalue weighted by Crippen LogP contribution is -2.02. The molecule has 0 spiro atoms. The van der Waals surface area contributed by atoms with Crippen molar-refractivity contribution < 1.29 is 0 Å². The Labute approximate surface area is 121 Å². The van der Waals surface area contributed by atoms with Gasteiger partial charge in [-0.25, -0.2) is 0 Å². The molecule has 1 aromatic heterocycles. The number of hydrogen-bond acceptors (Lipinski definition) is 4. The third kappa shape index (κ3) is 2.12. The number of hydrogen-bond donors (Lipinski definition) is 1. The maximum absolute atomic E-state index is 6.22. The predicted molar refractivity (Wildman–Crippen MR) is 78.7 cm³/mol. The zero-order valence-electron chi connectivity index (χ0n) is 10.8. The standard InChI is InChI=1S/C14H12ClN5/c1-9-5-7-10(8-6-9)20-14(17-18-19-20)13-11(15)3-2-4-12(13)16/h2-8H,16H2,1H3. The van der Waals surface area contributed by atoms with Gasteiger partial charge in [-0.2, -0.15) is 4.68 Å². The van der Waals surface area contributed by atoms with E-state index in [9.17, 15) is 0 Å². The zero-order chi connectivity index (χ0) is 14.1. The van der Waals surface area contributed by atoms with Gasteiger partial charge in [0.1, 0.15) is 0 Å². The van der Waals surface area contributed by atoms with Crippen molar-refractivity contribution in [3.8, 4) is 17.1 Å². The second kappa shape index (κ2) is 4.94. The maximum atomic E-state index is 6.22. The third-order valence-electron chi connectivity index (χ3n) is 3.02. The van der Waals surface area contributed by atoms with Crippen molar-refractivity contribution in [2.75, 3.05) is 5.73 Å². The van der Waals surface area contributed by atoms with Crippen molar-refractivity contribution in [2.24, 2.45) is 0 Å². The Hall–Kier alpha value is -2.40. The van der Waals surface area contributed by atoms with Crippen LogP contribution in [0.5, 0.6) is 0 Å². The van der Waals surface area contributed by atoms with E-state index < -0.39 is 0 Å². The molecular weight excluding hydrogens is 274 g/mol. The van der Waals surface area contributed by atoms with E-state index in [1.54, 1.807) is 22.9 Å². The molecule has 3 aromatic rings. The first-order valence-electron chi connectivity index (χ1n) is 6.06. The largest absolute Gasteiger partial charge is 0.398 e. The van der Waals surface area contributed by atoms with Gasteiger partial charge in [-0.3, -0.25) is 0 Å². The summed E-state index contributed by atoms with van der Waals surface area (Å²) < 4.78 is 1.62. The summed E-state index contributed by atoms with van der Waals surface area (Å²) in [5, 5.41) is 12.3. The molecule has 0 atom stereocenters. The average molecular weight is 286 g/mol. The van der Waals surface area contributed by atoms with Crippen molar-refractivity contribution in [1.29, 1.82) is 0 Å². The molecule has 1 heterocycles. The molecule has 0 saturated carbocycles. The van der Waals surface area contributed by atoms with E-state index in [1.807, 2.05) is 31.2 Å². The van der Waals surface area contributed by atoms with E-state index in [1.165, 1.54) is 5.56 Å². The number of benzene rings is 2. The average Bonchev–Trinajstić information content (AvgIpc) is 2.88. The highest BCUT2D eigenvalue weighted by atomic mass is 35.5. The molecule has 0 amide bonds. The monoisotopic (exact) mass is 285 g/mol. The third-order valence-corrected chi connectivity index (χ3v) is 3.33. The highest BCUT2D eigenvalue weighted by Gasteiger charge is 2.16. The molecule has 0 bridgehead atoms. The van der Waals surface area contributed by atoms with Crippen LogP contribution in [0.25, 0.3) is 17.1 Å². The number of nitrogen functional groups attached to an aromatic ring is 1. The number of aromatic nitrogens is 4. The summed E-state index contributed by atoms with van der Waals surface area (Å²) in [6.07, 6.45) is 0. The lowest BCUT2D eigenvalue weighted by molar-refractivity contribution is 0.791. The minimum atomic E-state index is 0.521. The molecule has 20 heavy (non-hydrogen) atoms. The predicted octanol–water partition coefficient (Wildman–Crippen LogP) is 2.87. The molecule has 0 saturated heterocycles. The van der Waals surface area contributed by atoms with E-state index in [0.29, 0.717) is 22.1 Å². The normalized spacial score (nSPS) is 10.7. The van der Waals surface area contributed by atoms with E-state index in [2.05, 4.69) is 15.5 Å². The first kappa shape index (κ1) is 12.6. The van der Waals surface area contributed by atoms with Gasteiger partial charge in [-0.15, -0.1) is 5.10 Å². The molecule has 100 valence electrons. The first-order valence-corrected chi connectivity index (χ1v) is 6.44. The van der Waals surface area contributed by atoms with Crippen LogP contribution in [0.15, 0.2) is 42.5 Å². The van der Waals surface area contributed by atoms with E-state index in [-0.39, 0.29) is 0 Å². The lowest BCUT2D eigenvalue weighted by Gasteiger charge is -2.08. The molecule has 0 aliphatic carbocycles. The summed E-state index contributed by atoms with van der Waals surface area (Å²) in [5.41, 5.74) is 9.19. The Kier molecular flexibility index (Phi) is 3.12. The molecule has 6 heteroatoms. The Morgan fingerprint density at radius 3 is 2.55 bits per heavy atom. The van der Waals surface area contributed by atoms with Gasteiger partial charge in [0.05, 0.1) is 16.3 Å². The minimum Gasteiger partial charge on any atom is -0.398 e. The fourth-order valence-corrected chi connectivity index (χ4v) is 2.25. The fraction of sp³-hybridized carbons (Fsp3) is 0.0714. The Morgan fingerprint density at radius 1 is 1.10 bits per heavy atom. The number of anilines is 1. The van der Waals surface area contributed by atoms with Gasteiger partial charge < -0.3 is 5.73 Å². The van der Waals surface area contributed by atoms with Crippen molar-refractivity contribution >= 4 is 17.3 Å². The molecule has 0 aliphatic rings. The topological polar surface area (TPSA) is 69.6 Å². The molecule has 0 radical (unpaired) electrons. The van der Waals surface area contributed by atoms with Gasteiger partial charge in [0.15, 0.2) is 5.82 Å². The lowest BCUT2D eigenvalue weighted by atomic mass is 10.1. The van der Waals surface area contributed by atoms with Gasteiger partial charge >= 0.3 is 0 Å². The first-order chi connectivity index (χ1) is 9.66. The van der Waals surface area contributed by atoms with Crippen molar-refractivity contribution in [3.63, 3.8) is 0 Å². The second-order valence-electron chi connectivity index (χ2n) is 4.45. The molecule has 2 N–H and O–H groups in total. The van der Waals surface area contributed by atoms with Crippen molar-refractivity contribution in [3.05, 3.63) is 53.1 Å². The van der Waals surface area contributed by atoms with Crippen LogP contribution in [0.3, 0.4) is 0 Å². The van der Waals surface area contributed by atoms with Crippen LogP contribution in [-0.4, -0.2) is 20.2 Å². The van der Waals surface area contributed by atoms with Crippen LogP contribution in [0.4, 0.5) is 5.69 Å². The Morgan fingerprint density at radius 2 is 1.85 bits per heavy atom. The van der Waals surface area contributed by atoms with Gasteiger partial charge in [0.2, 0.25) is 0 Å². The van der Waals surface area contributed by atoms with Crippen LogP contribution in [0.1, 0.15) is 5.56 Å². The van der Waals surface area contributed by atoms with Gasteiger partial charge in [-0.1, -0.05) is 35.4 Å². The van der Waals surface area contributed by atoms with Crippen LogP contribution in [0, 0.1) is 6.92 Å². The molecule has 0 aliphatic heterocycles. The smallest absolute Gasteiger partial charge is 0.190 e. The number of tetrazole rings is 1. The molecule has 0 fully saturated rings. The van der Waals surface area contributed by atoms with E-state index >= 15 is 0 Å². The number of nitrogens with two attached hydrogens (primary N) is 1.